The Morgan fingerprint density at radius 3 is 1.45 bits per heavy atom. The molecule has 2 fully saturated rings. The van der Waals surface area contributed by atoms with Gasteiger partial charge in [0.25, 0.3) is 0 Å². The van der Waals surface area contributed by atoms with Crippen molar-refractivity contribution in [2.24, 2.45) is 0 Å². The van der Waals surface area contributed by atoms with Gasteiger partial charge in [0.15, 0.2) is 11.5 Å². The van der Waals surface area contributed by atoms with Crippen molar-refractivity contribution in [3.05, 3.63) is 185 Å². The van der Waals surface area contributed by atoms with Gasteiger partial charge in [0.1, 0.15) is 76.9 Å². The topological polar surface area (TPSA) is 174 Å². The maximum absolute atomic E-state index is 13.3. The third kappa shape index (κ3) is 16.2. The van der Waals surface area contributed by atoms with Crippen molar-refractivity contribution < 1.29 is 74.0 Å². The fourth-order valence-corrected chi connectivity index (χ4v) is 12.5. The molecule has 0 aromatic heterocycles. The van der Waals surface area contributed by atoms with E-state index < -0.39 is 64.2 Å². The van der Waals surface area contributed by atoms with Gasteiger partial charge in [-0.25, -0.2) is 4.18 Å². The Bertz CT molecular complexity index is 2750. The lowest BCUT2D eigenvalue weighted by atomic mass is 10.0. The smallest absolute Gasteiger partial charge is 0.397 e. The molecule has 2 saturated heterocycles. The van der Waals surface area contributed by atoms with Crippen LogP contribution >= 0.6 is 0 Å². The normalized spacial score (nSPS) is 21.4. The number of benzene rings is 6. The molecule has 6 aromatic rings. The molecule has 1 N–H and O–H groups in total. The molecule has 9 atom stereocenters. The van der Waals surface area contributed by atoms with Crippen molar-refractivity contribution >= 4 is 21.3 Å². The lowest BCUT2D eigenvalue weighted by Gasteiger charge is -2.41. The van der Waals surface area contributed by atoms with E-state index in [1.807, 2.05) is 152 Å². The van der Waals surface area contributed by atoms with E-state index in [4.69, 9.17) is 61.0 Å². The molecule has 18 heteroatoms. The second-order valence-corrected chi connectivity index (χ2v) is 21.5. The van der Waals surface area contributed by atoms with E-state index in [0.29, 0.717) is 22.8 Å². The number of methoxy groups -OCH3 is 5. The lowest BCUT2D eigenvalue weighted by molar-refractivity contribution is -0.290. The Kier molecular flexibility index (Phi) is 20.8. The molecular formula is C58H67O16S2+. The van der Waals surface area contributed by atoms with E-state index in [1.165, 1.54) is 0 Å². The van der Waals surface area contributed by atoms with Gasteiger partial charge in [0, 0.05) is 16.5 Å². The van der Waals surface area contributed by atoms with Gasteiger partial charge in [-0.1, -0.05) is 91.0 Å². The molecule has 2 aliphatic rings. The quantitative estimate of drug-likeness (QED) is 0.0364. The van der Waals surface area contributed by atoms with Crippen molar-refractivity contribution in [3.8, 4) is 28.7 Å². The van der Waals surface area contributed by atoms with Crippen molar-refractivity contribution in [2.45, 2.75) is 81.2 Å². The van der Waals surface area contributed by atoms with E-state index >= 15 is 0 Å². The predicted octanol–water partition coefficient (Wildman–Crippen LogP) is 8.89. The summed E-state index contributed by atoms with van der Waals surface area (Å²) < 4.78 is 117. The van der Waals surface area contributed by atoms with Crippen molar-refractivity contribution in [1.82, 2.24) is 0 Å². The first kappa shape index (κ1) is 56.5. The van der Waals surface area contributed by atoms with Gasteiger partial charge in [0.05, 0.1) is 81.8 Å². The maximum Gasteiger partial charge on any atom is 0.397 e. The zero-order valence-corrected chi connectivity index (χ0v) is 44.9. The zero-order valence-electron chi connectivity index (χ0n) is 43.3. The van der Waals surface area contributed by atoms with E-state index in [2.05, 4.69) is 0 Å². The van der Waals surface area contributed by atoms with Crippen LogP contribution in [-0.2, 0) is 91.7 Å². The van der Waals surface area contributed by atoms with E-state index in [9.17, 15) is 13.0 Å². The maximum atomic E-state index is 13.3. The summed E-state index contributed by atoms with van der Waals surface area (Å²) in [5.74, 6) is 4.16. The summed E-state index contributed by atoms with van der Waals surface area (Å²) >= 11 is 0. The third-order valence-electron chi connectivity index (χ3n) is 13.2. The number of rotatable bonds is 28. The van der Waals surface area contributed by atoms with Crippen LogP contribution in [0.3, 0.4) is 0 Å². The highest BCUT2D eigenvalue weighted by molar-refractivity contribution is 7.97. The average molecular weight is 1080 g/mol. The zero-order chi connectivity index (χ0) is 53.3. The van der Waals surface area contributed by atoms with Crippen LogP contribution in [0.25, 0.3) is 0 Å². The van der Waals surface area contributed by atoms with Crippen LogP contribution < -0.4 is 23.7 Å². The van der Waals surface area contributed by atoms with Crippen molar-refractivity contribution in [2.75, 3.05) is 60.3 Å². The first-order valence-corrected chi connectivity index (χ1v) is 27.8. The van der Waals surface area contributed by atoms with E-state index in [1.54, 1.807) is 35.5 Å². The van der Waals surface area contributed by atoms with Crippen LogP contribution in [0.1, 0.15) is 39.7 Å². The first-order chi connectivity index (χ1) is 37.0. The molecule has 0 spiro atoms. The highest BCUT2D eigenvalue weighted by atomic mass is 32.3. The summed E-state index contributed by atoms with van der Waals surface area (Å²) in [6.45, 7) is 1.14. The Hall–Kier alpha value is -5.74. The summed E-state index contributed by atoms with van der Waals surface area (Å²) in [5.41, 5.74) is 5.07. The molecule has 406 valence electrons. The summed E-state index contributed by atoms with van der Waals surface area (Å²) in [4.78, 5) is 0. The molecule has 16 nitrogen and oxygen atoms in total. The fraction of sp³-hybridized carbons (Fsp3) is 0.379. The molecule has 0 radical (unpaired) electrons. The van der Waals surface area contributed by atoms with Gasteiger partial charge in [-0.2, -0.15) is 8.42 Å². The Morgan fingerprint density at radius 2 is 0.987 bits per heavy atom. The Morgan fingerprint density at radius 1 is 0.553 bits per heavy atom. The molecule has 0 bridgehead atoms. The standard InChI is InChI=1S/C58H66O16S2/c1-62-46-21-11-40(12-22-46)31-67-37-54-55(71-35-44-19-29-50(66-5)30-20-44)52(69-33-42-15-25-48(64-3)26-16-42)38-75(54)39-53(70-34-43-17-27-49(65-4)28-18-43)57(74-76(59,60)61)56-51(68-32-41-13-23-47(63-2)24-14-41)36-72-58(73-56)45-9-7-6-8-10-45/h6-30,51-58H,31-39H2,1-5H3/p+1/t51-,52-,53-,54-,55+,56-,57-,58?,75?/m1/s1. The van der Waals surface area contributed by atoms with Gasteiger partial charge >= 0.3 is 10.4 Å². The monoisotopic (exact) mass is 1080 g/mol. The van der Waals surface area contributed by atoms with Crippen LogP contribution in [0.15, 0.2) is 152 Å². The molecule has 0 amide bonds. The van der Waals surface area contributed by atoms with Crippen LogP contribution in [0.2, 0.25) is 0 Å². The first-order valence-electron chi connectivity index (χ1n) is 24.8. The van der Waals surface area contributed by atoms with Gasteiger partial charge in [-0.3, -0.25) is 4.55 Å². The SMILES string of the molecule is COc1ccc(COC[C@@H]2[C@@H](OCc3ccc(OC)cc3)[C@H](OCc3ccc(OC)cc3)C[S+]2C[C@@H](OCc2ccc(OC)cc2)[C@@H](OS(=O)(=O)O)[C@@H]2OC(c3ccccc3)OC[C@H]2OCc2ccc(OC)cc2)cc1. The van der Waals surface area contributed by atoms with Crippen LogP contribution in [0, 0.1) is 0 Å². The Labute approximate surface area is 448 Å². The summed E-state index contributed by atoms with van der Waals surface area (Å²) in [6.07, 6.45) is -6.62. The largest absolute Gasteiger partial charge is 0.497 e. The lowest BCUT2D eigenvalue weighted by Crippen LogP contribution is -2.56. The highest BCUT2D eigenvalue weighted by Gasteiger charge is 2.56. The van der Waals surface area contributed by atoms with Crippen LogP contribution in [0.5, 0.6) is 28.7 Å². The summed E-state index contributed by atoms with van der Waals surface area (Å²) in [5, 5.41) is -0.328. The van der Waals surface area contributed by atoms with Crippen molar-refractivity contribution in [3.63, 3.8) is 0 Å². The molecule has 0 aliphatic carbocycles. The average Bonchev–Trinajstić information content (AvgIpc) is 3.79. The van der Waals surface area contributed by atoms with Crippen molar-refractivity contribution in [1.29, 1.82) is 0 Å². The van der Waals surface area contributed by atoms with Gasteiger partial charge in [-0.05, 0) is 88.5 Å². The molecule has 76 heavy (non-hydrogen) atoms. The molecule has 0 saturated carbocycles. The molecule has 8 rings (SSSR count). The van der Waals surface area contributed by atoms with Crippen LogP contribution in [-0.4, -0.2) is 115 Å². The minimum Gasteiger partial charge on any atom is -0.497 e. The molecule has 2 unspecified atom stereocenters. The molecule has 6 aromatic carbocycles. The van der Waals surface area contributed by atoms with E-state index in [0.717, 1.165) is 45.1 Å². The van der Waals surface area contributed by atoms with Gasteiger partial charge in [0.2, 0.25) is 0 Å². The summed E-state index contributed by atoms with van der Waals surface area (Å²) in [6, 6.07) is 47.1. The predicted molar refractivity (Wildman–Crippen MR) is 286 cm³/mol. The second kappa shape index (κ2) is 28.1. The Balaban J connectivity index is 1.17. The number of hydrogen-bond acceptors (Lipinski definition) is 15. The third-order valence-corrected chi connectivity index (χ3v) is 16.4. The summed E-state index contributed by atoms with van der Waals surface area (Å²) in [7, 11) is 2.13. The van der Waals surface area contributed by atoms with Crippen LogP contribution in [0.4, 0.5) is 0 Å². The number of ether oxygens (including phenoxy) is 12. The number of hydrogen-bond donors (Lipinski definition) is 1. The second-order valence-electron chi connectivity index (χ2n) is 18.2. The molecule has 2 heterocycles. The van der Waals surface area contributed by atoms with Gasteiger partial charge < -0.3 is 56.8 Å². The van der Waals surface area contributed by atoms with Gasteiger partial charge in [-0.15, -0.1) is 0 Å². The minimum absolute atomic E-state index is 0.0208. The minimum atomic E-state index is -5.18. The highest BCUT2D eigenvalue weighted by Crippen LogP contribution is 2.37. The molecular weight excluding hydrogens is 1020 g/mol. The molecule has 2 aliphatic heterocycles. The fourth-order valence-electron chi connectivity index (χ4n) is 8.98. The van der Waals surface area contributed by atoms with E-state index in [-0.39, 0.29) is 57.3 Å².